The predicted octanol–water partition coefficient (Wildman–Crippen LogP) is 3.69. The van der Waals surface area contributed by atoms with Gasteiger partial charge in [-0.25, -0.2) is 4.39 Å². The van der Waals surface area contributed by atoms with Crippen LogP contribution >= 0.6 is 0 Å². The van der Waals surface area contributed by atoms with Gasteiger partial charge < -0.3 is 10.6 Å². The second-order valence-electron chi connectivity index (χ2n) is 7.55. The highest BCUT2D eigenvalue weighted by molar-refractivity contribution is 6.02. The molecule has 29 heavy (non-hydrogen) atoms. The molecule has 0 saturated heterocycles. The molecule has 0 radical (unpaired) electrons. The SMILES string of the molecule is O=C(CC1CC2=C(CC(c3ccc(F)cc3)CC2=O)NC1=O)Nc1ccccc1. The van der Waals surface area contributed by atoms with Gasteiger partial charge >= 0.3 is 0 Å². The Balaban J connectivity index is 1.44. The quantitative estimate of drug-likeness (QED) is 0.833. The van der Waals surface area contributed by atoms with Crippen molar-refractivity contribution in [2.75, 3.05) is 5.32 Å². The van der Waals surface area contributed by atoms with Crippen LogP contribution in [0.5, 0.6) is 0 Å². The molecule has 2 amide bonds. The third kappa shape index (κ3) is 4.26. The number of hydrogen-bond donors (Lipinski definition) is 2. The van der Waals surface area contributed by atoms with Crippen molar-refractivity contribution in [1.82, 2.24) is 5.32 Å². The Morgan fingerprint density at radius 2 is 1.72 bits per heavy atom. The lowest BCUT2D eigenvalue weighted by Gasteiger charge is -2.33. The highest BCUT2D eigenvalue weighted by Gasteiger charge is 2.37. The molecule has 2 unspecified atom stereocenters. The van der Waals surface area contributed by atoms with E-state index in [9.17, 15) is 18.8 Å². The van der Waals surface area contributed by atoms with E-state index in [0.717, 1.165) is 5.56 Å². The summed E-state index contributed by atoms with van der Waals surface area (Å²) in [6, 6.07) is 15.2. The Morgan fingerprint density at radius 3 is 2.45 bits per heavy atom. The predicted molar refractivity (Wildman–Crippen MR) is 106 cm³/mol. The number of allylic oxidation sites excluding steroid dienone is 2. The van der Waals surface area contributed by atoms with Crippen molar-refractivity contribution < 1.29 is 18.8 Å². The molecule has 1 aliphatic heterocycles. The Morgan fingerprint density at radius 1 is 1.00 bits per heavy atom. The molecular formula is C23H21FN2O3. The molecule has 148 valence electrons. The molecule has 5 nitrogen and oxygen atoms in total. The van der Waals surface area contributed by atoms with Crippen molar-refractivity contribution in [1.29, 1.82) is 0 Å². The molecule has 2 N–H and O–H groups in total. The first-order chi connectivity index (χ1) is 14.0. The van der Waals surface area contributed by atoms with Gasteiger partial charge in [-0.3, -0.25) is 14.4 Å². The van der Waals surface area contributed by atoms with Crippen LogP contribution in [-0.4, -0.2) is 17.6 Å². The van der Waals surface area contributed by atoms with Crippen molar-refractivity contribution in [2.24, 2.45) is 5.92 Å². The molecule has 0 spiro atoms. The number of para-hydroxylation sites is 1. The van der Waals surface area contributed by atoms with Crippen molar-refractivity contribution in [3.05, 3.63) is 77.2 Å². The Kier molecular flexibility index (Phi) is 5.25. The molecule has 0 saturated carbocycles. The maximum absolute atomic E-state index is 13.2. The van der Waals surface area contributed by atoms with E-state index in [4.69, 9.17) is 0 Å². The van der Waals surface area contributed by atoms with E-state index in [0.29, 0.717) is 29.8 Å². The largest absolute Gasteiger partial charge is 0.329 e. The number of benzene rings is 2. The van der Waals surface area contributed by atoms with Crippen LogP contribution in [0.2, 0.25) is 0 Å². The summed E-state index contributed by atoms with van der Waals surface area (Å²) in [6.45, 7) is 0. The van der Waals surface area contributed by atoms with Crippen LogP contribution in [0.15, 0.2) is 65.9 Å². The Bertz CT molecular complexity index is 983. The molecule has 0 bridgehead atoms. The number of anilines is 1. The number of Topliss-reactive ketones (excluding diaryl/α,β-unsaturated/α-hetero) is 1. The number of hydrogen-bond acceptors (Lipinski definition) is 3. The van der Waals surface area contributed by atoms with E-state index < -0.39 is 5.92 Å². The molecule has 1 heterocycles. The molecule has 0 aromatic heterocycles. The average molecular weight is 392 g/mol. The number of rotatable bonds is 4. The zero-order chi connectivity index (χ0) is 20.4. The summed E-state index contributed by atoms with van der Waals surface area (Å²) in [6.07, 6.45) is 1.15. The van der Waals surface area contributed by atoms with Crippen molar-refractivity contribution in [3.63, 3.8) is 0 Å². The second kappa shape index (κ2) is 7.99. The highest BCUT2D eigenvalue weighted by Crippen LogP contribution is 2.38. The smallest absolute Gasteiger partial charge is 0.228 e. The summed E-state index contributed by atoms with van der Waals surface area (Å²) in [5.41, 5.74) is 2.80. The first kappa shape index (κ1) is 19.1. The summed E-state index contributed by atoms with van der Waals surface area (Å²) in [5, 5.41) is 5.62. The van der Waals surface area contributed by atoms with Crippen LogP contribution in [0.25, 0.3) is 0 Å². The lowest BCUT2D eigenvalue weighted by molar-refractivity contribution is -0.129. The van der Waals surface area contributed by atoms with Gasteiger partial charge in [-0.15, -0.1) is 0 Å². The number of amides is 2. The van der Waals surface area contributed by atoms with E-state index >= 15 is 0 Å². The van der Waals surface area contributed by atoms with E-state index in [-0.39, 0.29) is 42.2 Å². The van der Waals surface area contributed by atoms with Crippen molar-refractivity contribution >= 4 is 23.3 Å². The fraction of sp³-hybridized carbons (Fsp3) is 0.261. The third-order valence-corrected chi connectivity index (χ3v) is 5.51. The highest BCUT2D eigenvalue weighted by atomic mass is 19.1. The summed E-state index contributed by atoms with van der Waals surface area (Å²) >= 11 is 0. The summed E-state index contributed by atoms with van der Waals surface area (Å²) in [7, 11) is 0. The van der Waals surface area contributed by atoms with Gasteiger partial charge in [-0.2, -0.15) is 0 Å². The number of carbonyl (C=O) groups excluding carboxylic acids is 3. The van der Waals surface area contributed by atoms with Gasteiger partial charge in [0.2, 0.25) is 11.8 Å². The number of halogens is 1. The maximum atomic E-state index is 13.2. The second-order valence-corrected chi connectivity index (χ2v) is 7.55. The minimum atomic E-state index is -0.566. The number of ketones is 1. The fourth-order valence-electron chi connectivity index (χ4n) is 4.00. The summed E-state index contributed by atoms with van der Waals surface area (Å²) < 4.78 is 13.2. The van der Waals surface area contributed by atoms with Gasteiger partial charge in [0.25, 0.3) is 0 Å². The Labute approximate surface area is 168 Å². The minimum absolute atomic E-state index is 0.0194. The van der Waals surface area contributed by atoms with Gasteiger partial charge in [0.15, 0.2) is 5.78 Å². The average Bonchev–Trinajstić information content (AvgIpc) is 2.70. The van der Waals surface area contributed by atoms with E-state index in [1.54, 1.807) is 24.3 Å². The van der Waals surface area contributed by atoms with E-state index in [1.807, 2.05) is 18.2 Å². The van der Waals surface area contributed by atoms with Crippen LogP contribution in [0.3, 0.4) is 0 Å². The van der Waals surface area contributed by atoms with Crippen LogP contribution in [-0.2, 0) is 14.4 Å². The van der Waals surface area contributed by atoms with Crippen LogP contribution in [0.1, 0.15) is 37.2 Å². The van der Waals surface area contributed by atoms with Gasteiger partial charge in [-0.05, 0) is 48.6 Å². The van der Waals surface area contributed by atoms with Crippen LogP contribution < -0.4 is 10.6 Å². The molecule has 0 fully saturated rings. The molecule has 2 atom stereocenters. The lowest BCUT2D eigenvalue weighted by atomic mass is 9.77. The minimum Gasteiger partial charge on any atom is -0.329 e. The number of carbonyl (C=O) groups is 3. The fourth-order valence-corrected chi connectivity index (χ4v) is 4.00. The molecular weight excluding hydrogens is 371 g/mol. The van der Waals surface area contributed by atoms with E-state index in [1.165, 1.54) is 12.1 Å². The molecule has 2 aromatic rings. The monoisotopic (exact) mass is 392 g/mol. The van der Waals surface area contributed by atoms with Crippen molar-refractivity contribution in [3.8, 4) is 0 Å². The molecule has 4 rings (SSSR count). The third-order valence-electron chi connectivity index (χ3n) is 5.51. The molecule has 1 aliphatic carbocycles. The molecule has 6 heteroatoms. The van der Waals surface area contributed by atoms with Gasteiger partial charge in [0, 0.05) is 29.8 Å². The number of nitrogens with one attached hydrogen (secondary N) is 2. The van der Waals surface area contributed by atoms with E-state index in [2.05, 4.69) is 10.6 Å². The topological polar surface area (TPSA) is 75.3 Å². The zero-order valence-electron chi connectivity index (χ0n) is 15.8. The first-order valence-electron chi connectivity index (χ1n) is 9.66. The van der Waals surface area contributed by atoms with Crippen LogP contribution in [0.4, 0.5) is 10.1 Å². The first-order valence-corrected chi connectivity index (χ1v) is 9.66. The lowest BCUT2D eigenvalue weighted by Crippen LogP contribution is -2.41. The van der Waals surface area contributed by atoms with Gasteiger partial charge in [-0.1, -0.05) is 30.3 Å². The zero-order valence-corrected chi connectivity index (χ0v) is 15.8. The standard InChI is InChI=1S/C23H21FN2O3/c24-17-8-6-14(7-9-17)15-11-20-19(21(27)12-15)10-16(23(29)26-20)13-22(28)25-18-4-2-1-3-5-18/h1-9,15-16H,10-13H2,(H,25,28)(H,26,29). The van der Waals surface area contributed by atoms with Gasteiger partial charge in [0.05, 0.1) is 5.92 Å². The molecule has 2 aromatic carbocycles. The van der Waals surface area contributed by atoms with Crippen LogP contribution in [0, 0.1) is 11.7 Å². The summed E-state index contributed by atoms with van der Waals surface area (Å²) in [5.74, 6) is -1.48. The normalized spacial score (nSPS) is 21.4. The Hall–Kier alpha value is -3.28. The van der Waals surface area contributed by atoms with Gasteiger partial charge in [0.1, 0.15) is 5.82 Å². The molecule has 2 aliphatic rings. The maximum Gasteiger partial charge on any atom is 0.228 e. The van der Waals surface area contributed by atoms with Crippen molar-refractivity contribution in [2.45, 2.75) is 31.6 Å². The summed E-state index contributed by atoms with van der Waals surface area (Å²) in [4.78, 5) is 37.6.